The molecule has 0 aromatic carbocycles. The maximum Gasteiger partial charge on any atom is 0.235 e. The van der Waals surface area contributed by atoms with Crippen LogP contribution < -0.4 is 5.32 Å². The summed E-state index contributed by atoms with van der Waals surface area (Å²) in [6.07, 6.45) is 4.50. The molecular formula is C17H20N4OS2. The van der Waals surface area contributed by atoms with Gasteiger partial charge in [-0.05, 0) is 44.0 Å². The van der Waals surface area contributed by atoms with E-state index in [1.54, 1.807) is 10.9 Å². The Morgan fingerprint density at radius 3 is 2.88 bits per heavy atom. The molecule has 0 spiro atoms. The van der Waals surface area contributed by atoms with Crippen molar-refractivity contribution >= 4 is 38.5 Å². The van der Waals surface area contributed by atoms with Gasteiger partial charge in [-0.3, -0.25) is 4.79 Å². The van der Waals surface area contributed by atoms with E-state index >= 15 is 0 Å². The maximum atomic E-state index is 12.3. The summed E-state index contributed by atoms with van der Waals surface area (Å²) in [6.45, 7) is 3.83. The van der Waals surface area contributed by atoms with Gasteiger partial charge in [-0.1, -0.05) is 18.2 Å². The molecule has 2 aliphatic rings. The second kappa shape index (κ2) is 7.49. The molecule has 3 rings (SSSR count). The van der Waals surface area contributed by atoms with E-state index in [-0.39, 0.29) is 17.6 Å². The molecule has 0 radical (unpaired) electrons. The van der Waals surface area contributed by atoms with Gasteiger partial charge in [0.15, 0.2) is 5.16 Å². The molecule has 1 saturated carbocycles. The lowest BCUT2D eigenvalue weighted by molar-refractivity contribution is -0.117. The summed E-state index contributed by atoms with van der Waals surface area (Å²) in [5, 5.41) is 13.1. The van der Waals surface area contributed by atoms with Crippen LogP contribution in [0.2, 0.25) is 0 Å². The predicted molar refractivity (Wildman–Crippen MR) is 99.0 cm³/mol. The lowest BCUT2D eigenvalue weighted by Crippen LogP contribution is -2.37. The van der Waals surface area contributed by atoms with Gasteiger partial charge in [-0.2, -0.15) is 5.26 Å². The van der Waals surface area contributed by atoms with Crippen LogP contribution in [0.4, 0.5) is 0 Å². The van der Waals surface area contributed by atoms with Crippen molar-refractivity contribution < 1.29 is 4.79 Å². The Labute approximate surface area is 149 Å². The third kappa shape index (κ3) is 3.87. The molecule has 1 unspecified atom stereocenters. The smallest absolute Gasteiger partial charge is 0.235 e. The van der Waals surface area contributed by atoms with E-state index in [2.05, 4.69) is 21.4 Å². The molecule has 1 aromatic heterocycles. The first kappa shape index (κ1) is 17.2. The fourth-order valence-corrected chi connectivity index (χ4v) is 5.38. The molecule has 1 amide bonds. The van der Waals surface area contributed by atoms with Gasteiger partial charge < -0.3 is 5.32 Å². The van der Waals surface area contributed by atoms with Crippen molar-refractivity contribution in [3.05, 3.63) is 17.5 Å². The molecule has 7 heteroatoms. The van der Waals surface area contributed by atoms with E-state index in [1.807, 2.05) is 19.9 Å². The van der Waals surface area contributed by atoms with Crippen molar-refractivity contribution in [1.29, 1.82) is 5.26 Å². The van der Waals surface area contributed by atoms with Crippen LogP contribution in [0.5, 0.6) is 0 Å². The van der Waals surface area contributed by atoms with E-state index in [9.17, 15) is 10.1 Å². The van der Waals surface area contributed by atoms with Crippen molar-refractivity contribution in [3.63, 3.8) is 0 Å². The first-order valence-corrected chi connectivity index (χ1v) is 9.92. The zero-order valence-corrected chi connectivity index (χ0v) is 15.5. The molecule has 1 aliphatic carbocycles. The summed E-state index contributed by atoms with van der Waals surface area (Å²) >= 11 is 1.33. The molecule has 126 valence electrons. The number of hydrogen-bond acceptors (Lipinski definition) is 5. The van der Waals surface area contributed by atoms with Crippen molar-refractivity contribution in [3.8, 4) is 6.07 Å². The summed E-state index contributed by atoms with van der Waals surface area (Å²) in [6, 6.07) is 4.29. The molecule has 5 nitrogen and oxygen atoms in total. The number of rotatable bonds is 3. The molecule has 2 atom stereocenters. The monoisotopic (exact) mass is 360 g/mol. The lowest BCUT2D eigenvalue weighted by Gasteiger charge is -2.23. The Morgan fingerprint density at radius 2 is 2.17 bits per heavy atom. The van der Waals surface area contributed by atoms with E-state index in [0.29, 0.717) is 11.1 Å². The van der Waals surface area contributed by atoms with Gasteiger partial charge in [0, 0.05) is 17.3 Å². The highest BCUT2D eigenvalue weighted by atomic mass is 32.2. The standard InChI is InChI=1S/C17H20N4OS2/c1-10-7-11(2)20-17(19-10)23-9-15(22)21-16-13(8-18)12-5-3-4-6-14(12)24-16/h7,12-13H,3-6,9H2,1-2H3,(H,21,22)/t12?,13-/m0/s1. The first-order valence-electron chi connectivity index (χ1n) is 8.12. The second-order valence-corrected chi connectivity index (χ2v) is 8.27. The van der Waals surface area contributed by atoms with Crippen LogP contribution in [0, 0.1) is 37.0 Å². The minimum absolute atomic E-state index is 0.0928. The van der Waals surface area contributed by atoms with Gasteiger partial charge in [-0.25, -0.2) is 9.97 Å². The van der Waals surface area contributed by atoms with Crippen molar-refractivity contribution in [2.75, 3.05) is 5.75 Å². The number of carbonyl (C=O) groups excluding carboxylic acids is 1. The van der Waals surface area contributed by atoms with Gasteiger partial charge >= 0.3 is 0 Å². The van der Waals surface area contributed by atoms with Crippen molar-refractivity contribution in [2.24, 2.45) is 11.8 Å². The predicted octanol–water partition coefficient (Wildman–Crippen LogP) is 2.68. The number of fused-ring (bicyclic) bond motifs is 1. The van der Waals surface area contributed by atoms with E-state index in [4.69, 9.17) is 0 Å². The largest absolute Gasteiger partial charge is 0.319 e. The minimum Gasteiger partial charge on any atom is -0.319 e. The Balaban J connectivity index is 1.62. The van der Waals surface area contributed by atoms with Gasteiger partial charge in [0.2, 0.25) is 5.91 Å². The Morgan fingerprint density at radius 1 is 1.42 bits per heavy atom. The number of aryl methyl sites for hydroxylation is 2. The number of nitriles is 1. The molecular weight excluding hydrogens is 340 g/mol. The molecule has 24 heavy (non-hydrogen) atoms. The average molecular weight is 361 g/mol. The number of aromatic nitrogens is 2. The molecule has 2 heterocycles. The average Bonchev–Trinajstić information content (AvgIpc) is 2.89. The maximum absolute atomic E-state index is 12.3. The fourth-order valence-electron chi connectivity index (χ4n) is 3.19. The second-order valence-electron chi connectivity index (χ2n) is 6.16. The first-order chi connectivity index (χ1) is 11.6. The van der Waals surface area contributed by atoms with Crippen LogP contribution in [0.1, 0.15) is 37.1 Å². The molecule has 1 N–H and O–H groups in total. The van der Waals surface area contributed by atoms with Crippen LogP contribution >= 0.6 is 22.7 Å². The van der Waals surface area contributed by atoms with Crippen molar-refractivity contribution in [1.82, 2.24) is 15.3 Å². The van der Waals surface area contributed by atoms with Crippen LogP contribution in [0.15, 0.2) is 11.2 Å². The van der Waals surface area contributed by atoms with Gasteiger partial charge in [0.05, 0.1) is 16.8 Å². The Kier molecular flexibility index (Phi) is 5.36. The summed E-state index contributed by atoms with van der Waals surface area (Å²) in [4.78, 5) is 23.1. The third-order valence-corrected chi connectivity index (χ3v) is 6.42. The topological polar surface area (TPSA) is 78.7 Å². The summed E-state index contributed by atoms with van der Waals surface area (Å²) in [5.41, 5.74) is 1.80. The highest BCUT2D eigenvalue weighted by Gasteiger charge is 2.35. The molecule has 1 fully saturated rings. The number of hydrogen-bond donors (Lipinski definition) is 1. The summed E-state index contributed by atoms with van der Waals surface area (Å²) < 4.78 is 0. The number of nitrogens with zero attached hydrogens (tertiary/aromatic N) is 3. The number of thioether (sulfide) groups is 1. The summed E-state index contributed by atoms with van der Waals surface area (Å²) in [7, 11) is 1.62. The minimum atomic E-state index is -0.184. The zero-order valence-electron chi connectivity index (χ0n) is 13.8. The number of carbonyl (C=O) groups is 1. The van der Waals surface area contributed by atoms with Gasteiger partial charge in [0.1, 0.15) is 5.92 Å². The van der Waals surface area contributed by atoms with Crippen molar-refractivity contribution in [2.45, 2.75) is 44.7 Å². The third-order valence-electron chi connectivity index (χ3n) is 4.22. The van der Waals surface area contributed by atoms with Crippen LogP contribution in [-0.4, -0.2) is 31.5 Å². The van der Waals surface area contributed by atoms with E-state index in [1.165, 1.54) is 29.5 Å². The Bertz CT molecular complexity index is 757. The van der Waals surface area contributed by atoms with E-state index < -0.39 is 0 Å². The van der Waals surface area contributed by atoms with Crippen LogP contribution in [0.3, 0.4) is 0 Å². The number of amides is 1. The van der Waals surface area contributed by atoms with Crippen LogP contribution in [0.25, 0.3) is 0 Å². The molecule has 0 saturated heterocycles. The lowest BCUT2D eigenvalue weighted by atomic mass is 9.80. The molecule has 1 aromatic rings. The number of nitrogens with one attached hydrogen (secondary N) is 1. The van der Waals surface area contributed by atoms with Gasteiger partial charge in [-0.15, -0.1) is 10.9 Å². The Hall–Kier alpha value is -1.65. The highest BCUT2D eigenvalue weighted by molar-refractivity contribution is 8.00. The van der Waals surface area contributed by atoms with E-state index in [0.717, 1.165) is 29.2 Å². The fraction of sp³-hybridized carbons (Fsp3) is 0.529. The SMILES string of the molecule is Cc1cc(C)nc(SCC(=O)NC2=S=C3CCCCC3[C@@H]2C#N)n1. The van der Waals surface area contributed by atoms with Gasteiger partial charge in [0.25, 0.3) is 0 Å². The normalized spacial score (nSPS) is 22.5. The summed E-state index contributed by atoms with van der Waals surface area (Å²) in [5.74, 6) is 0.298. The quantitative estimate of drug-likeness (QED) is 0.509. The zero-order chi connectivity index (χ0) is 17.1. The highest BCUT2D eigenvalue weighted by Crippen LogP contribution is 2.33. The van der Waals surface area contributed by atoms with Crippen LogP contribution in [-0.2, 0) is 4.79 Å². The molecule has 0 bridgehead atoms. The molecule has 1 aliphatic heterocycles.